The molecule has 0 saturated carbocycles. The van der Waals surface area contributed by atoms with Crippen LogP contribution in [0.25, 0.3) is 0 Å². The Kier molecular flexibility index (Phi) is 12.1. The summed E-state index contributed by atoms with van der Waals surface area (Å²) >= 11 is 0. The standard InChI is InChI=1S/C33H48N4O5/c1-23(2)19-28(36-32(40)37-17-8-6-7-9-18-37)30(38)35-29(31(39)42-33(3,4)5)21-24-13-15-27(16-14-24)41-22-25-11-10-12-26(34)20-25/h10-16,20,23,28-29H,6-9,17-19,21-22,34H2,1-5H3,(H,35,38)(H,36,40)/t28-,29-/m0/s1. The van der Waals surface area contributed by atoms with E-state index in [1.165, 1.54) is 0 Å². The Balaban J connectivity index is 1.70. The minimum Gasteiger partial charge on any atom is -0.489 e. The van der Waals surface area contributed by atoms with Crippen LogP contribution in [-0.2, 0) is 27.4 Å². The fraction of sp³-hybridized carbons (Fsp3) is 0.545. The summed E-state index contributed by atoms with van der Waals surface area (Å²) in [4.78, 5) is 41.6. The molecule has 2 atom stereocenters. The third-order valence-corrected chi connectivity index (χ3v) is 6.94. The Morgan fingerprint density at radius 3 is 2.17 bits per heavy atom. The number of amides is 3. The van der Waals surface area contributed by atoms with Crippen molar-refractivity contribution in [2.75, 3.05) is 18.8 Å². The summed E-state index contributed by atoms with van der Waals surface area (Å²) in [7, 11) is 0. The van der Waals surface area contributed by atoms with Crippen LogP contribution >= 0.6 is 0 Å². The zero-order chi connectivity index (χ0) is 30.7. The molecule has 230 valence electrons. The lowest BCUT2D eigenvalue weighted by Gasteiger charge is -2.28. The number of nitrogens with one attached hydrogen (secondary N) is 2. The normalized spacial score (nSPS) is 15.3. The lowest BCUT2D eigenvalue weighted by Crippen LogP contribution is -2.55. The predicted octanol–water partition coefficient (Wildman–Crippen LogP) is 5.22. The number of urea groups is 1. The molecule has 0 bridgehead atoms. The van der Waals surface area contributed by atoms with Gasteiger partial charge in [-0.3, -0.25) is 4.79 Å². The fourth-order valence-corrected chi connectivity index (χ4v) is 4.86. The number of hydrogen-bond donors (Lipinski definition) is 3. The first-order chi connectivity index (χ1) is 19.9. The lowest BCUT2D eigenvalue weighted by molar-refractivity contribution is -0.158. The van der Waals surface area contributed by atoms with Crippen molar-refractivity contribution in [3.8, 4) is 5.75 Å². The van der Waals surface area contributed by atoms with Crippen molar-refractivity contribution in [3.63, 3.8) is 0 Å². The molecule has 4 N–H and O–H groups in total. The van der Waals surface area contributed by atoms with E-state index in [-0.39, 0.29) is 18.4 Å². The number of rotatable bonds is 11. The van der Waals surface area contributed by atoms with E-state index in [4.69, 9.17) is 15.2 Å². The van der Waals surface area contributed by atoms with Gasteiger partial charge >= 0.3 is 12.0 Å². The molecule has 1 aliphatic rings. The van der Waals surface area contributed by atoms with Crippen LogP contribution in [0.3, 0.4) is 0 Å². The first-order valence-corrected chi connectivity index (χ1v) is 15.0. The monoisotopic (exact) mass is 580 g/mol. The average molecular weight is 581 g/mol. The van der Waals surface area contributed by atoms with Crippen molar-refractivity contribution in [1.29, 1.82) is 0 Å². The molecule has 0 aromatic heterocycles. The summed E-state index contributed by atoms with van der Waals surface area (Å²) in [5.41, 5.74) is 7.60. The third-order valence-electron chi connectivity index (χ3n) is 6.94. The second kappa shape index (κ2) is 15.5. The van der Waals surface area contributed by atoms with Gasteiger partial charge in [-0.15, -0.1) is 0 Å². The van der Waals surface area contributed by atoms with Crippen molar-refractivity contribution >= 4 is 23.6 Å². The first-order valence-electron chi connectivity index (χ1n) is 15.0. The Morgan fingerprint density at radius 2 is 1.57 bits per heavy atom. The molecule has 9 heteroatoms. The van der Waals surface area contributed by atoms with E-state index < -0.39 is 29.6 Å². The van der Waals surface area contributed by atoms with Crippen LogP contribution in [0, 0.1) is 5.92 Å². The van der Waals surface area contributed by atoms with Gasteiger partial charge in [0, 0.05) is 25.2 Å². The van der Waals surface area contributed by atoms with E-state index in [0.29, 0.717) is 37.6 Å². The smallest absolute Gasteiger partial charge is 0.329 e. The Labute approximate surface area is 250 Å². The van der Waals surface area contributed by atoms with Crippen molar-refractivity contribution in [3.05, 3.63) is 59.7 Å². The van der Waals surface area contributed by atoms with Crippen molar-refractivity contribution in [2.24, 2.45) is 5.92 Å². The van der Waals surface area contributed by atoms with Gasteiger partial charge in [0.05, 0.1) is 0 Å². The maximum absolute atomic E-state index is 13.6. The summed E-state index contributed by atoms with van der Waals surface area (Å²) in [5, 5.41) is 5.83. The first kappa shape index (κ1) is 32.8. The largest absolute Gasteiger partial charge is 0.489 e. The minimum atomic E-state index is -0.930. The number of esters is 1. The van der Waals surface area contributed by atoms with Crippen LogP contribution in [0.4, 0.5) is 10.5 Å². The number of nitrogens with two attached hydrogens (primary N) is 1. The summed E-state index contributed by atoms with van der Waals surface area (Å²) in [6.45, 7) is 11.1. The second-order valence-corrected chi connectivity index (χ2v) is 12.5. The predicted molar refractivity (Wildman–Crippen MR) is 165 cm³/mol. The van der Waals surface area contributed by atoms with E-state index in [2.05, 4.69) is 10.6 Å². The maximum atomic E-state index is 13.6. The molecule has 0 aliphatic carbocycles. The van der Waals surface area contributed by atoms with Gasteiger partial charge in [0.15, 0.2) is 0 Å². The molecule has 2 aromatic carbocycles. The van der Waals surface area contributed by atoms with Crippen LogP contribution in [0.1, 0.15) is 77.8 Å². The van der Waals surface area contributed by atoms with Gasteiger partial charge in [0.1, 0.15) is 30.0 Å². The van der Waals surface area contributed by atoms with Gasteiger partial charge in [-0.1, -0.05) is 51.0 Å². The fourth-order valence-electron chi connectivity index (χ4n) is 4.86. The number of nitrogens with zero attached hydrogens (tertiary/aromatic N) is 1. The highest BCUT2D eigenvalue weighted by Crippen LogP contribution is 2.18. The Hall–Kier alpha value is -3.75. The second-order valence-electron chi connectivity index (χ2n) is 12.5. The molecule has 0 unspecified atom stereocenters. The molecular weight excluding hydrogens is 532 g/mol. The molecule has 3 amide bonds. The zero-order valence-electron chi connectivity index (χ0n) is 25.8. The number of nitrogen functional groups attached to an aromatic ring is 1. The van der Waals surface area contributed by atoms with Crippen molar-refractivity contribution in [2.45, 2.75) is 97.4 Å². The van der Waals surface area contributed by atoms with Crippen LogP contribution in [0.2, 0.25) is 0 Å². The van der Waals surface area contributed by atoms with E-state index in [1.54, 1.807) is 25.7 Å². The van der Waals surface area contributed by atoms with Crippen LogP contribution in [0.15, 0.2) is 48.5 Å². The van der Waals surface area contributed by atoms with E-state index >= 15 is 0 Å². The third kappa shape index (κ3) is 11.3. The number of carbonyl (C=O) groups is 3. The van der Waals surface area contributed by atoms with E-state index in [1.807, 2.05) is 62.4 Å². The van der Waals surface area contributed by atoms with Gasteiger partial charge in [-0.05, 0) is 81.3 Å². The van der Waals surface area contributed by atoms with Crippen LogP contribution in [-0.4, -0.2) is 53.6 Å². The Morgan fingerprint density at radius 1 is 0.905 bits per heavy atom. The number of carbonyl (C=O) groups excluding carboxylic acids is 3. The number of benzene rings is 2. The highest BCUT2D eigenvalue weighted by Gasteiger charge is 2.31. The SMILES string of the molecule is CC(C)C[C@H](NC(=O)N1CCCCCC1)C(=O)N[C@@H](Cc1ccc(OCc2cccc(N)c2)cc1)C(=O)OC(C)(C)C. The number of likely N-dealkylation sites (tertiary alicyclic amines) is 1. The highest BCUT2D eigenvalue weighted by atomic mass is 16.6. The van der Waals surface area contributed by atoms with Crippen molar-refractivity contribution < 1.29 is 23.9 Å². The number of ether oxygens (including phenoxy) is 2. The van der Waals surface area contributed by atoms with Gasteiger partial charge in [0.25, 0.3) is 0 Å². The van der Waals surface area contributed by atoms with Gasteiger partial charge in [-0.2, -0.15) is 0 Å². The average Bonchev–Trinajstić information content (AvgIpc) is 3.20. The van der Waals surface area contributed by atoms with Gasteiger partial charge in [-0.25, -0.2) is 9.59 Å². The van der Waals surface area contributed by atoms with E-state index in [0.717, 1.165) is 36.8 Å². The number of anilines is 1. The maximum Gasteiger partial charge on any atom is 0.329 e. The number of hydrogen-bond acceptors (Lipinski definition) is 6. The topological polar surface area (TPSA) is 123 Å². The minimum absolute atomic E-state index is 0.157. The lowest BCUT2D eigenvalue weighted by atomic mass is 10.0. The summed E-state index contributed by atoms with van der Waals surface area (Å²) < 4.78 is 11.5. The molecule has 9 nitrogen and oxygen atoms in total. The molecule has 1 aliphatic heterocycles. The summed E-state index contributed by atoms with van der Waals surface area (Å²) in [6.07, 6.45) is 4.80. The molecule has 1 heterocycles. The molecule has 0 radical (unpaired) electrons. The summed E-state index contributed by atoms with van der Waals surface area (Å²) in [5.74, 6) is -0.0953. The molecule has 1 saturated heterocycles. The van der Waals surface area contributed by atoms with E-state index in [9.17, 15) is 14.4 Å². The molecule has 3 rings (SSSR count). The van der Waals surface area contributed by atoms with Crippen LogP contribution in [0.5, 0.6) is 5.75 Å². The Bertz CT molecular complexity index is 1170. The van der Waals surface area contributed by atoms with Gasteiger partial charge < -0.3 is 30.7 Å². The molecule has 0 spiro atoms. The van der Waals surface area contributed by atoms with Crippen molar-refractivity contribution in [1.82, 2.24) is 15.5 Å². The quantitative estimate of drug-likeness (QED) is 0.248. The zero-order valence-corrected chi connectivity index (χ0v) is 25.8. The molecular formula is C33H48N4O5. The van der Waals surface area contributed by atoms with Gasteiger partial charge in [0.2, 0.25) is 5.91 Å². The summed E-state index contributed by atoms with van der Waals surface area (Å²) in [6, 6.07) is 13.0. The highest BCUT2D eigenvalue weighted by molar-refractivity contribution is 5.90. The molecule has 42 heavy (non-hydrogen) atoms. The van der Waals surface area contributed by atoms with Crippen LogP contribution < -0.4 is 21.1 Å². The molecule has 1 fully saturated rings. The molecule has 2 aromatic rings.